The van der Waals surface area contributed by atoms with Gasteiger partial charge in [-0.3, -0.25) is 4.90 Å². The lowest BCUT2D eigenvalue weighted by molar-refractivity contribution is -0.105. The number of likely N-dealkylation sites (tertiary alicyclic amines) is 1. The van der Waals surface area contributed by atoms with Gasteiger partial charge >= 0.3 is 0 Å². The van der Waals surface area contributed by atoms with Crippen LogP contribution in [0.3, 0.4) is 0 Å². The summed E-state index contributed by atoms with van der Waals surface area (Å²) in [4.78, 5) is 2.22. The summed E-state index contributed by atoms with van der Waals surface area (Å²) in [5.74, 6) is 1.58. The third kappa shape index (κ3) is 3.87. The van der Waals surface area contributed by atoms with Crippen LogP contribution in [0.25, 0.3) is 0 Å². The van der Waals surface area contributed by atoms with Crippen molar-refractivity contribution in [2.75, 3.05) is 32.8 Å². The van der Waals surface area contributed by atoms with Gasteiger partial charge in [-0.2, -0.15) is 0 Å². The van der Waals surface area contributed by atoms with Gasteiger partial charge in [-0.25, -0.2) is 0 Å². The van der Waals surface area contributed by atoms with Crippen molar-refractivity contribution in [3.63, 3.8) is 0 Å². The highest BCUT2D eigenvalue weighted by atomic mass is 16.5. The molecule has 20 heavy (non-hydrogen) atoms. The molecule has 0 bridgehead atoms. The zero-order chi connectivity index (χ0) is 14.4. The van der Waals surface area contributed by atoms with Crippen LogP contribution in [-0.4, -0.2) is 48.5 Å². The van der Waals surface area contributed by atoms with Crippen molar-refractivity contribution in [2.45, 2.75) is 32.3 Å². The van der Waals surface area contributed by atoms with E-state index in [-0.39, 0.29) is 0 Å². The molecule has 4 nitrogen and oxygen atoms in total. The highest BCUT2D eigenvalue weighted by Gasteiger charge is 2.39. The van der Waals surface area contributed by atoms with Gasteiger partial charge in [-0.15, -0.1) is 0 Å². The van der Waals surface area contributed by atoms with Crippen LogP contribution in [0.2, 0.25) is 0 Å². The fourth-order valence-electron chi connectivity index (χ4n) is 2.70. The summed E-state index contributed by atoms with van der Waals surface area (Å²) in [6.07, 6.45) is 1.92. The average molecular weight is 279 g/mol. The number of aliphatic hydroxyl groups is 1. The Balaban J connectivity index is 1.72. The smallest absolute Gasteiger partial charge is 0.161 e. The molecule has 1 aliphatic rings. The highest BCUT2D eigenvalue weighted by molar-refractivity contribution is 5.39. The fourth-order valence-corrected chi connectivity index (χ4v) is 2.70. The van der Waals surface area contributed by atoms with Gasteiger partial charge in [-0.1, -0.05) is 25.5 Å². The number of ether oxygens (including phenoxy) is 2. The Kier molecular flexibility index (Phi) is 5.26. The predicted octanol–water partition coefficient (Wildman–Crippen LogP) is 2.31. The number of rotatable bonds is 8. The van der Waals surface area contributed by atoms with Crippen LogP contribution in [0.4, 0.5) is 0 Å². The fraction of sp³-hybridized carbons (Fsp3) is 0.625. The molecule has 0 aliphatic carbocycles. The molecule has 0 aromatic heterocycles. The Morgan fingerprint density at radius 3 is 2.40 bits per heavy atom. The third-order valence-electron chi connectivity index (χ3n) is 3.57. The van der Waals surface area contributed by atoms with Gasteiger partial charge < -0.3 is 14.6 Å². The molecule has 0 atom stereocenters. The molecule has 1 heterocycles. The Labute approximate surface area is 121 Å². The van der Waals surface area contributed by atoms with Crippen molar-refractivity contribution in [3.8, 4) is 11.5 Å². The molecule has 1 saturated heterocycles. The van der Waals surface area contributed by atoms with Gasteiger partial charge in [0.05, 0.1) is 12.2 Å². The van der Waals surface area contributed by atoms with Gasteiger partial charge in [0, 0.05) is 19.6 Å². The standard InChI is InChI=1S/C16H25NO3/c1-3-9-16(18)12-17(13-16)10-11-20-15-8-6-5-7-14(15)19-4-2/h5-8,18H,3-4,9-13H2,1-2H3. The minimum Gasteiger partial charge on any atom is -0.490 e. The molecule has 0 spiro atoms. The highest BCUT2D eigenvalue weighted by Crippen LogP contribution is 2.27. The molecule has 0 unspecified atom stereocenters. The van der Waals surface area contributed by atoms with E-state index in [4.69, 9.17) is 9.47 Å². The van der Waals surface area contributed by atoms with Crippen LogP contribution in [0.5, 0.6) is 11.5 Å². The second-order valence-electron chi connectivity index (χ2n) is 5.41. The largest absolute Gasteiger partial charge is 0.490 e. The molecule has 0 amide bonds. The number of benzene rings is 1. The van der Waals surface area contributed by atoms with Crippen LogP contribution >= 0.6 is 0 Å². The number of para-hydroxylation sites is 2. The van der Waals surface area contributed by atoms with E-state index >= 15 is 0 Å². The summed E-state index contributed by atoms with van der Waals surface area (Å²) in [5.41, 5.74) is -0.460. The van der Waals surface area contributed by atoms with E-state index in [2.05, 4.69) is 11.8 Å². The van der Waals surface area contributed by atoms with E-state index in [0.717, 1.165) is 44.0 Å². The normalized spacial score (nSPS) is 17.6. The molecule has 1 N–H and O–H groups in total. The maximum Gasteiger partial charge on any atom is 0.161 e. The zero-order valence-electron chi connectivity index (χ0n) is 12.5. The van der Waals surface area contributed by atoms with Gasteiger partial charge in [-0.05, 0) is 25.5 Å². The first kappa shape index (κ1) is 15.1. The first-order valence-electron chi connectivity index (χ1n) is 7.46. The third-order valence-corrected chi connectivity index (χ3v) is 3.57. The van der Waals surface area contributed by atoms with Crippen molar-refractivity contribution in [1.29, 1.82) is 0 Å². The summed E-state index contributed by atoms with van der Waals surface area (Å²) in [6.45, 7) is 7.68. The van der Waals surface area contributed by atoms with E-state index in [9.17, 15) is 5.11 Å². The number of hydrogen-bond donors (Lipinski definition) is 1. The Bertz CT molecular complexity index is 416. The molecule has 2 rings (SSSR count). The zero-order valence-corrected chi connectivity index (χ0v) is 12.5. The minimum absolute atomic E-state index is 0.460. The molecule has 0 radical (unpaired) electrons. The summed E-state index contributed by atoms with van der Waals surface area (Å²) in [7, 11) is 0. The molecule has 112 valence electrons. The lowest BCUT2D eigenvalue weighted by atomic mass is 9.89. The molecule has 4 heteroatoms. The molecule has 1 fully saturated rings. The van der Waals surface area contributed by atoms with E-state index in [1.54, 1.807) is 0 Å². The first-order chi connectivity index (χ1) is 9.67. The molecule has 1 aromatic carbocycles. The van der Waals surface area contributed by atoms with Crippen LogP contribution in [-0.2, 0) is 0 Å². The number of β-amino-alcohol motifs (C(OH)–C–C–N with tert-alkyl or cyclic N) is 1. The quantitative estimate of drug-likeness (QED) is 0.793. The average Bonchev–Trinajstić information content (AvgIpc) is 2.39. The summed E-state index contributed by atoms with van der Waals surface area (Å²) in [5, 5.41) is 10.1. The molecule has 1 aliphatic heterocycles. The van der Waals surface area contributed by atoms with Crippen molar-refractivity contribution in [3.05, 3.63) is 24.3 Å². The second-order valence-corrected chi connectivity index (χ2v) is 5.41. The van der Waals surface area contributed by atoms with Gasteiger partial charge in [0.2, 0.25) is 0 Å². The molecule has 0 saturated carbocycles. The summed E-state index contributed by atoms with van der Waals surface area (Å²) < 4.78 is 11.3. The Morgan fingerprint density at radius 1 is 1.15 bits per heavy atom. The first-order valence-corrected chi connectivity index (χ1v) is 7.46. The van der Waals surface area contributed by atoms with Crippen LogP contribution < -0.4 is 9.47 Å². The molecular weight excluding hydrogens is 254 g/mol. The van der Waals surface area contributed by atoms with Crippen molar-refractivity contribution in [1.82, 2.24) is 4.90 Å². The van der Waals surface area contributed by atoms with Crippen molar-refractivity contribution >= 4 is 0 Å². The maximum absolute atomic E-state index is 10.1. The lowest BCUT2D eigenvalue weighted by Gasteiger charge is -2.46. The Morgan fingerprint density at radius 2 is 1.80 bits per heavy atom. The van der Waals surface area contributed by atoms with Crippen LogP contribution in [0.15, 0.2) is 24.3 Å². The Hall–Kier alpha value is -1.26. The van der Waals surface area contributed by atoms with Gasteiger partial charge in [0.25, 0.3) is 0 Å². The van der Waals surface area contributed by atoms with Gasteiger partial charge in [0.1, 0.15) is 6.61 Å². The van der Waals surface area contributed by atoms with E-state index in [1.807, 2.05) is 31.2 Å². The van der Waals surface area contributed by atoms with E-state index in [0.29, 0.717) is 13.2 Å². The molecule has 1 aromatic rings. The summed E-state index contributed by atoms with van der Waals surface area (Å²) >= 11 is 0. The monoisotopic (exact) mass is 279 g/mol. The summed E-state index contributed by atoms with van der Waals surface area (Å²) in [6, 6.07) is 7.73. The SMILES string of the molecule is CCCC1(O)CN(CCOc2ccccc2OCC)C1. The molecular formula is C16H25NO3. The van der Waals surface area contributed by atoms with E-state index < -0.39 is 5.60 Å². The van der Waals surface area contributed by atoms with E-state index in [1.165, 1.54) is 0 Å². The number of hydrogen-bond acceptors (Lipinski definition) is 4. The maximum atomic E-state index is 10.1. The van der Waals surface area contributed by atoms with Crippen molar-refractivity contribution < 1.29 is 14.6 Å². The van der Waals surface area contributed by atoms with Crippen LogP contribution in [0.1, 0.15) is 26.7 Å². The van der Waals surface area contributed by atoms with Crippen LogP contribution in [0, 0.1) is 0 Å². The topological polar surface area (TPSA) is 41.9 Å². The number of nitrogens with zero attached hydrogens (tertiary/aromatic N) is 1. The second kappa shape index (κ2) is 6.95. The van der Waals surface area contributed by atoms with Crippen molar-refractivity contribution in [2.24, 2.45) is 0 Å². The predicted molar refractivity (Wildman–Crippen MR) is 79.4 cm³/mol. The van der Waals surface area contributed by atoms with Gasteiger partial charge in [0.15, 0.2) is 11.5 Å². The lowest BCUT2D eigenvalue weighted by Crippen LogP contribution is -2.62. The minimum atomic E-state index is -0.460.